The molecule has 1 aliphatic carbocycles. The maximum Gasteiger partial charge on any atom is 0.310 e. The van der Waals surface area contributed by atoms with Crippen LogP contribution in [0.1, 0.15) is 38.2 Å². The number of carbonyl (C=O) groups is 1. The highest BCUT2D eigenvalue weighted by molar-refractivity contribution is 5.78. The zero-order valence-corrected chi connectivity index (χ0v) is 11.0. The van der Waals surface area contributed by atoms with Crippen LogP contribution in [-0.2, 0) is 4.79 Å². The molecule has 2 unspecified atom stereocenters. The van der Waals surface area contributed by atoms with Crippen LogP contribution >= 0.6 is 0 Å². The molecule has 2 rings (SSSR count). The minimum Gasteiger partial charge on any atom is -0.481 e. The number of rotatable bonds is 6. The van der Waals surface area contributed by atoms with Crippen LogP contribution in [0.2, 0.25) is 0 Å². The lowest BCUT2D eigenvalue weighted by Gasteiger charge is -2.23. The van der Waals surface area contributed by atoms with Gasteiger partial charge >= 0.3 is 5.97 Å². The van der Waals surface area contributed by atoms with Crippen LogP contribution in [0.25, 0.3) is 0 Å². The van der Waals surface area contributed by atoms with E-state index in [1.54, 1.807) is 0 Å². The van der Waals surface area contributed by atoms with E-state index >= 15 is 0 Å². The number of carboxylic acid groups (broad SMARTS) is 1. The number of hydrogen-bond acceptors (Lipinski definition) is 2. The first-order chi connectivity index (χ1) is 8.55. The summed E-state index contributed by atoms with van der Waals surface area (Å²) in [5.74, 6) is -0.273. The maximum absolute atomic E-state index is 11.1. The zero-order chi connectivity index (χ0) is 13.2. The van der Waals surface area contributed by atoms with E-state index in [1.165, 1.54) is 5.56 Å². The summed E-state index contributed by atoms with van der Waals surface area (Å²) < 4.78 is 0. The average Bonchev–Trinajstić information content (AvgIpc) is 3.17. The Kier molecular flexibility index (Phi) is 3.71. The van der Waals surface area contributed by atoms with E-state index in [1.807, 2.05) is 18.2 Å². The third kappa shape index (κ3) is 2.72. The molecule has 3 heteroatoms. The molecule has 1 fully saturated rings. The summed E-state index contributed by atoms with van der Waals surface area (Å²) in [7, 11) is 0. The highest BCUT2D eigenvalue weighted by Gasteiger charge is 2.50. The van der Waals surface area contributed by atoms with Gasteiger partial charge in [0.15, 0.2) is 0 Å². The molecule has 3 nitrogen and oxygen atoms in total. The highest BCUT2D eigenvalue weighted by Crippen LogP contribution is 2.45. The minimum atomic E-state index is -0.658. The molecule has 1 aliphatic rings. The predicted octanol–water partition coefficient (Wildman–Crippen LogP) is 2.63. The molecule has 0 heterocycles. The van der Waals surface area contributed by atoms with Crippen LogP contribution in [0.4, 0.5) is 0 Å². The molecule has 2 atom stereocenters. The van der Waals surface area contributed by atoms with Gasteiger partial charge in [-0.05, 0) is 31.2 Å². The lowest BCUT2D eigenvalue weighted by molar-refractivity contribution is -0.143. The van der Waals surface area contributed by atoms with Crippen LogP contribution in [0, 0.1) is 5.41 Å². The summed E-state index contributed by atoms with van der Waals surface area (Å²) in [5, 5.41) is 12.5. The monoisotopic (exact) mass is 247 g/mol. The van der Waals surface area contributed by atoms with Gasteiger partial charge in [-0.15, -0.1) is 0 Å². The van der Waals surface area contributed by atoms with E-state index in [0.29, 0.717) is 12.5 Å². The zero-order valence-electron chi connectivity index (χ0n) is 11.0. The van der Waals surface area contributed by atoms with Crippen molar-refractivity contribution >= 4 is 5.97 Å². The molecule has 1 aromatic carbocycles. The van der Waals surface area contributed by atoms with Crippen molar-refractivity contribution in [2.45, 2.75) is 38.6 Å². The van der Waals surface area contributed by atoms with Gasteiger partial charge in [-0.25, -0.2) is 0 Å². The lowest BCUT2D eigenvalue weighted by atomic mass is 9.94. The van der Waals surface area contributed by atoms with E-state index in [-0.39, 0.29) is 6.04 Å². The van der Waals surface area contributed by atoms with Crippen molar-refractivity contribution < 1.29 is 9.90 Å². The van der Waals surface area contributed by atoms with Gasteiger partial charge in [-0.1, -0.05) is 37.3 Å². The molecule has 0 radical (unpaired) electrons. The van der Waals surface area contributed by atoms with Crippen LogP contribution in [0.3, 0.4) is 0 Å². The van der Waals surface area contributed by atoms with Gasteiger partial charge in [0.1, 0.15) is 0 Å². The third-order valence-corrected chi connectivity index (χ3v) is 4.15. The van der Waals surface area contributed by atoms with Crippen molar-refractivity contribution in [2.24, 2.45) is 5.41 Å². The number of aliphatic carboxylic acids is 1. The van der Waals surface area contributed by atoms with Crippen LogP contribution in [0.5, 0.6) is 0 Å². The Balaban J connectivity index is 1.89. The Morgan fingerprint density at radius 3 is 2.44 bits per heavy atom. The Hall–Kier alpha value is -1.35. The molecule has 0 amide bonds. The largest absolute Gasteiger partial charge is 0.481 e. The van der Waals surface area contributed by atoms with Gasteiger partial charge in [0.25, 0.3) is 0 Å². The van der Waals surface area contributed by atoms with E-state index < -0.39 is 11.4 Å². The maximum atomic E-state index is 11.1. The molecule has 1 saturated carbocycles. The first kappa shape index (κ1) is 13.1. The fourth-order valence-electron chi connectivity index (χ4n) is 2.20. The lowest BCUT2D eigenvalue weighted by Crippen LogP contribution is -2.38. The number of carboxylic acids is 1. The summed E-state index contributed by atoms with van der Waals surface area (Å²) >= 11 is 0. The molecule has 0 spiro atoms. The second-order valence-corrected chi connectivity index (χ2v) is 5.45. The topological polar surface area (TPSA) is 49.3 Å². The number of hydrogen-bond donors (Lipinski definition) is 2. The predicted molar refractivity (Wildman–Crippen MR) is 71.6 cm³/mol. The van der Waals surface area contributed by atoms with Crippen molar-refractivity contribution in [3.63, 3.8) is 0 Å². The first-order valence-electron chi connectivity index (χ1n) is 6.57. The van der Waals surface area contributed by atoms with Gasteiger partial charge < -0.3 is 10.4 Å². The first-order valence-corrected chi connectivity index (χ1v) is 6.57. The molecular weight excluding hydrogens is 226 g/mol. The summed E-state index contributed by atoms with van der Waals surface area (Å²) in [6, 6.07) is 10.6. The summed E-state index contributed by atoms with van der Waals surface area (Å²) in [4.78, 5) is 11.1. The third-order valence-electron chi connectivity index (χ3n) is 4.15. The molecule has 0 aliphatic heterocycles. The highest BCUT2D eigenvalue weighted by atomic mass is 16.4. The fourth-order valence-corrected chi connectivity index (χ4v) is 2.20. The summed E-state index contributed by atoms with van der Waals surface area (Å²) in [5.41, 5.74) is 0.808. The number of nitrogens with one attached hydrogen (secondary N) is 1. The Bertz CT molecular complexity index is 412. The van der Waals surface area contributed by atoms with Crippen LogP contribution in [-0.4, -0.2) is 23.7 Å². The fraction of sp³-hybridized carbons (Fsp3) is 0.533. The molecule has 98 valence electrons. The van der Waals surface area contributed by atoms with Crippen molar-refractivity contribution in [3.8, 4) is 0 Å². The molecular formula is C15H21NO2. The van der Waals surface area contributed by atoms with E-state index in [2.05, 4.69) is 31.3 Å². The van der Waals surface area contributed by atoms with Gasteiger partial charge in [-0.3, -0.25) is 4.79 Å². The standard InChI is InChI=1S/C15H21NO2/c1-11(13-6-4-3-5-7-13)12(2)16-10-15(8-9-15)14(17)18/h3-7,11-12,16H,8-10H2,1-2H3,(H,17,18). The van der Waals surface area contributed by atoms with E-state index in [0.717, 1.165) is 12.8 Å². The van der Waals surface area contributed by atoms with E-state index in [9.17, 15) is 4.79 Å². The van der Waals surface area contributed by atoms with Gasteiger partial charge in [0, 0.05) is 12.6 Å². The Morgan fingerprint density at radius 1 is 1.33 bits per heavy atom. The molecule has 1 aromatic rings. The molecule has 0 bridgehead atoms. The van der Waals surface area contributed by atoms with Crippen molar-refractivity contribution in [3.05, 3.63) is 35.9 Å². The molecule has 0 aromatic heterocycles. The van der Waals surface area contributed by atoms with E-state index in [4.69, 9.17) is 5.11 Å². The number of benzene rings is 1. The molecule has 18 heavy (non-hydrogen) atoms. The SMILES string of the molecule is CC(NCC1(C(=O)O)CC1)C(C)c1ccccc1. The smallest absolute Gasteiger partial charge is 0.310 e. The average molecular weight is 247 g/mol. The van der Waals surface area contributed by atoms with Crippen LogP contribution < -0.4 is 5.32 Å². The van der Waals surface area contributed by atoms with Crippen molar-refractivity contribution in [1.82, 2.24) is 5.32 Å². The van der Waals surface area contributed by atoms with Crippen LogP contribution in [0.15, 0.2) is 30.3 Å². The second-order valence-electron chi connectivity index (χ2n) is 5.45. The summed E-state index contributed by atoms with van der Waals surface area (Å²) in [6.45, 7) is 4.88. The normalized spacial score (nSPS) is 20.1. The quantitative estimate of drug-likeness (QED) is 0.812. The van der Waals surface area contributed by atoms with Gasteiger partial charge in [-0.2, -0.15) is 0 Å². The van der Waals surface area contributed by atoms with Crippen molar-refractivity contribution in [1.29, 1.82) is 0 Å². The molecule has 0 saturated heterocycles. The van der Waals surface area contributed by atoms with Gasteiger partial charge in [0.05, 0.1) is 5.41 Å². The van der Waals surface area contributed by atoms with Crippen molar-refractivity contribution in [2.75, 3.05) is 6.54 Å². The molecule has 2 N–H and O–H groups in total. The minimum absolute atomic E-state index is 0.282. The summed E-state index contributed by atoms with van der Waals surface area (Å²) in [6.07, 6.45) is 1.61. The second kappa shape index (κ2) is 5.11. The Morgan fingerprint density at radius 2 is 1.94 bits per heavy atom. The Labute approximate surface area is 108 Å². The van der Waals surface area contributed by atoms with Gasteiger partial charge in [0.2, 0.25) is 0 Å².